The molecule has 0 rings (SSSR count). The van der Waals surface area contributed by atoms with Crippen LogP contribution in [0.15, 0.2) is 0 Å². The van der Waals surface area contributed by atoms with Gasteiger partial charge in [-0.15, -0.1) is 0 Å². The third kappa shape index (κ3) is 15.6. The molecule has 2 amide bonds. The zero-order chi connectivity index (χ0) is 18.0. The van der Waals surface area contributed by atoms with Crippen LogP contribution in [0.25, 0.3) is 0 Å². The number of hydrogen-bond donors (Lipinski definition) is 2. The second-order valence-electron chi connectivity index (χ2n) is 4.84. The first kappa shape index (κ1) is 22.7. The van der Waals surface area contributed by atoms with Gasteiger partial charge < -0.3 is 29.6 Å². The average molecular weight is 352 g/mol. The van der Waals surface area contributed by atoms with E-state index in [1.165, 1.54) is 7.11 Å². The van der Waals surface area contributed by atoms with Crippen LogP contribution in [0.1, 0.15) is 13.3 Å². The average Bonchev–Trinajstić information content (AvgIpc) is 2.57. The Kier molecular flexibility index (Phi) is 15.7. The van der Waals surface area contributed by atoms with Crippen LogP contribution >= 0.6 is 0 Å². The van der Waals surface area contributed by atoms with E-state index in [2.05, 4.69) is 15.4 Å². The van der Waals surface area contributed by atoms with Gasteiger partial charge in [0.1, 0.15) is 12.8 Å². The predicted molar refractivity (Wildman–Crippen MR) is 85.5 cm³/mol. The SMILES string of the molecule is CCC(=O)NCC(F)COCCOCCOCCNC(=O)COC. The maximum Gasteiger partial charge on any atom is 0.246 e. The van der Waals surface area contributed by atoms with Crippen LogP contribution in [0.5, 0.6) is 0 Å². The summed E-state index contributed by atoms with van der Waals surface area (Å²) < 4.78 is 33.6. The van der Waals surface area contributed by atoms with E-state index in [9.17, 15) is 14.0 Å². The van der Waals surface area contributed by atoms with Crippen molar-refractivity contribution in [1.29, 1.82) is 0 Å². The number of nitrogens with one attached hydrogen (secondary N) is 2. The molecule has 0 fully saturated rings. The molecule has 0 aromatic heterocycles. The van der Waals surface area contributed by atoms with Gasteiger partial charge in [0.15, 0.2) is 0 Å². The van der Waals surface area contributed by atoms with E-state index in [1.807, 2.05) is 0 Å². The monoisotopic (exact) mass is 352 g/mol. The first-order valence-electron chi connectivity index (χ1n) is 7.99. The van der Waals surface area contributed by atoms with Gasteiger partial charge in [-0.1, -0.05) is 6.92 Å². The highest BCUT2D eigenvalue weighted by Gasteiger charge is 2.07. The van der Waals surface area contributed by atoms with Crippen molar-refractivity contribution in [3.63, 3.8) is 0 Å². The Bertz CT molecular complexity index is 333. The molecule has 24 heavy (non-hydrogen) atoms. The highest BCUT2D eigenvalue weighted by molar-refractivity contribution is 5.77. The van der Waals surface area contributed by atoms with Crippen LogP contribution in [-0.4, -0.2) is 84.4 Å². The highest BCUT2D eigenvalue weighted by Crippen LogP contribution is 1.91. The summed E-state index contributed by atoms with van der Waals surface area (Å²) in [5, 5.41) is 5.08. The molecule has 2 N–H and O–H groups in total. The van der Waals surface area contributed by atoms with Crippen molar-refractivity contribution >= 4 is 11.8 Å². The molecule has 0 aliphatic rings. The summed E-state index contributed by atoms with van der Waals surface area (Å²) in [4.78, 5) is 22.0. The number of methoxy groups -OCH3 is 1. The fourth-order valence-electron chi connectivity index (χ4n) is 1.50. The van der Waals surface area contributed by atoms with Crippen LogP contribution in [0, 0.1) is 0 Å². The van der Waals surface area contributed by atoms with Crippen LogP contribution in [0.4, 0.5) is 4.39 Å². The summed E-state index contributed by atoms with van der Waals surface area (Å²) in [6, 6.07) is 0. The number of hydrogen-bond acceptors (Lipinski definition) is 6. The van der Waals surface area contributed by atoms with Gasteiger partial charge in [-0.3, -0.25) is 9.59 Å². The van der Waals surface area contributed by atoms with Crippen LogP contribution in [0.2, 0.25) is 0 Å². The molecule has 0 heterocycles. The Labute approximate surface area is 142 Å². The van der Waals surface area contributed by atoms with E-state index >= 15 is 0 Å². The highest BCUT2D eigenvalue weighted by atomic mass is 19.1. The van der Waals surface area contributed by atoms with Gasteiger partial charge in [0.25, 0.3) is 0 Å². The summed E-state index contributed by atoms with van der Waals surface area (Å²) in [5.74, 6) is -0.367. The number of ether oxygens (including phenoxy) is 4. The summed E-state index contributed by atoms with van der Waals surface area (Å²) in [7, 11) is 1.45. The van der Waals surface area contributed by atoms with Gasteiger partial charge in [0.2, 0.25) is 11.8 Å². The lowest BCUT2D eigenvalue weighted by atomic mass is 10.4. The molecule has 0 aliphatic carbocycles. The van der Waals surface area contributed by atoms with Crippen LogP contribution in [0.3, 0.4) is 0 Å². The molecular weight excluding hydrogens is 323 g/mol. The van der Waals surface area contributed by atoms with Crippen molar-refractivity contribution < 1.29 is 32.9 Å². The van der Waals surface area contributed by atoms with Gasteiger partial charge in [-0.2, -0.15) is 0 Å². The van der Waals surface area contributed by atoms with E-state index in [4.69, 9.17) is 14.2 Å². The molecule has 0 aromatic rings. The van der Waals surface area contributed by atoms with Gasteiger partial charge in [0, 0.05) is 20.1 Å². The molecule has 0 saturated carbocycles. The second kappa shape index (κ2) is 16.6. The van der Waals surface area contributed by atoms with E-state index < -0.39 is 6.17 Å². The van der Waals surface area contributed by atoms with E-state index in [0.717, 1.165) is 0 Å². The summed E-state index contributed by atoms with van der Waals surface area (Å²) >= 11 is 0. The molecular formula is C15H29FN2O6. The number of rotatable bonds is 16. The first-order chi connectivity index (χ1) is 11.6. The maximum absolute atomic E-state index is 13.3. The van der Waals surface area contributed by atoms with Crippen LogP contribution < -0.4 is 10.6 Å². The lowest BCUT2D eigenvalue weighted by molar-refractivity contribution is -0.125. The summed E-state index contributed by atoms with van der Waals surface area (Å²) in [5.41, 5.74) is 0. The molecule has 142 valence electrons. The molecule has 0 spiro atoms. The standard InChI is InChI=1S/C15H29FN2O6/c1-3-14(19)18-10-13(16)11-24-9-8-23-7-6-22-5-4-17-15(20)12-21-2/h13H,3-12H2,1-2H3,(H,17,20)(H,18,19). The Morgan fingerprint density at radius 1 is 0.958 bits per heavy atom. The fourth-order valence-corrected chi connectivity index (χ4v) is 1.50. The topological polar surface area (TPSA) is 95.1 Å². The first-order valence-corrected chi connectivity index (χ1v) is 7.99. The van der Waals surface area contributed by atoms with Crippen molar-refractivity contribution in [2.45, 2.75) is 19.5 Å². The maximum atomic E-state index is 13.3. The van der Waals surface area contributed by atoms with Crippen molar-refractivity contribution in [2.24, 2.45) is 0 Å². The number of amides is 2. The third-order valence-corrected chi connectivity index (χ3v) is 2.73. The quantitative estimate of drug-likeness (QED) is 0.369. The molecule has 1 atom stereocenters. The molecule has 9 heteroatoms. The van der Waals surface area contributed by atoms with Crippen molar-refractivity contribution in [1.82, 2.24) is 10.6 Å². The Morgan fingerprint density at radius 3 is 2.21 bits per heavy atom. The molecule has 0 bridgehead atoms. The van der Waals surface area contributed by atoms with E-state index in [-0.39, 0.29) is 38.2 Å². The molecule has 0 aliphatic heterocycles. The van der Waals surface area contributed by atoms with Gasteiger partial charge in [0.05, 0.1) is 46.2 Å². The predicted octanol–water partition coefficient (Wildman–Crippen LogP) is -0.337. The minimum absolute atomic E-state index is 0.0355. The number of halogens is 1. The normalized spacial score (nSPS) is 12.0. The second-order valence-corrected chi connectivity index (χ2v) is 4.84. The minimum atomic E-state index is -1.22. The van der Waals surface area contributed by atoms with Crippen LogP contribution in [-0.2, 0) is 28.5 Å². The number of carbonyl (C=O) groups is 2. The zero-order valence-electron chi connectivity index (χ0n) is 14.5. The molecule has 8 nitrogen and oxygen atoms in total. The lowest BCUT2D eigenvalue weighted by Gasteiger charge is -2.10. The summed E-state index contributed by atoms with van der Waals surface area (Å²) in [6.45, 7) is 3.83. The molecule has 0 radical (unpaired) electrons. The Hall–Kier alpha value is -1.29. The van der Waals surface area contributed by atoms with Gasteiger partial charge >= 0.3 is 0 Å². The largest absolute Gasteiger partial charge is 0.377 e. The Morgan fingerprint density at radius 2 is 1.58 bits per heavy atom. The zero-order valence-corrected chi connectivity index (χ0v) is 14.5. The lowest BCUT2D eigenvalue weighted by Crippen LogP contribution is -2.32. The summed E-state index contributed by atoms with van der Waals surface area (Å²) in [6.07, 6.45) is -0.889. The van der Waals surface area contributed by atoms with Gasteiger partial charge in [-0.05, 0) is 0 Å². The van der Waals surface area contributed by atoms with Crippen molar-refractivity contribution in [3.8, 4) is 0 Å². The fraction of sp³-hybridized carbons (Fsp3) is 0.867. The molecule has 1 unspecified atom stereocenters. The number of carbonyl (C=O) groups excluding carboxylic acids is 2. The van der Waals surface area contributed by atoms with E-state index in [0.29, 0.717) is 39.4 Å². The minimum Gasteiger partial charge on any atom is -0.377 e. The van der Waals surface area contributed by atoms with Gasteiger partial charge in [-0.25, -0.2) is 4.39 Å². The molecule has 0 aromatic carbocycles. The third-order valence-electron chi connectivity index (χ3n) is 2.73. The van der Waals surface area contributed by atoms with Crippen molar-refractivity contribution in [2.75, 3.05) is 66.4 Å². The smallest absolute Gasteiger partial charge is 0.246 e. The number of alkyl halides is 1. The van der Waals surface area contributed by atoms with Crippen molar-refractivity contribution in [3.05, 3.63) is 0 Å². The van der Waals surface area contributed by atoms with E-state index in [1.54, 1.807) is 6.92 Å². The molecule has 0 saturated heterocycles. The Balaban J connectivity index is 3.22.